The summed E-state index contributed by atoms with van der Waals surface area (Å²) in [6.07, 6.45) is -8.99. The molecule has 6 aromatic rings. The molecule has 1 amide bonds. The number of carbonyl (C=O) groups is 1. The summed E-state index contributed by atoms with van der Waals surface area (Å²) in [5.41, 5.74) is 7.02. The molecule has 0 spiro atoms. The minimum Gasteiger partial charge on any atom is -0.491 e. The van der Waals surface area contributed by atoms with E-state index in [1.54, 1.807) is 104 Å². The van der Waals surface area contributed by atoms with Crippen LogP contribution in [0.2, 0.25) is 0 Å². The number of alkyl carbamates (subject to hydrolysis) is 1. The molecule has 2 aromatic carbocycles. The lowest BCUT2D eigenvalue weighted by atomic mass is 10.0. The Labute approximate surface area is 357 Å². The first-order valence-electron chi connectivity index (χ1n) is 19.7. The molecule has 0 bridgehead atoms. The number of benzene rings is 2. The fourth-order valence-electron chi connectivity index (χ4n) is 6.89. The van der Waals surface area contributed by atoms with Crippen LogP contribution in [0.5, 0.6) is 11.5 Å². The summed E-state index contributed by atoms with van der Waals surface area (Å²) in [6.45, 7) is 8.11. The Morgan fingerprint density at radius 1 is 0.778 bits per heavy atom. The van der Waals surface area contributed by atoms with Gasteiger partial charge in [-0.3, -0.25) is 19.6 Å². The Bertz CT molecular complexity index is 2830. The van der Waals surface area contributed by atoms with Gasteiger partial charge in [0.05, 0.1) is 44.8 Å². The molecule has 2 atom stereocenters. The third kappa shape index (κ3) is 11.9. The molecule has 0 saturated heterocycles. The van der Waals surface area contributed by atoms with Crippen LogP contribution in [-0.2, 0) is 18.8 Å². The number of rotatable bonds is 11. The molecule has 336 valence electrons. The van der Waals surface area contributed by atoms with Gasteiger partial charge in [-0.05, 0) is 88.6 Å². The molecule has 0 saturated carbocycles. The second-order valence-electron chi connectivity index (χ2n) is 16.1. The van der Waals surface area contributed by atoms with Crippen LogP contribution in [0, 0.1) is 25.2 Å². The van der Waals surface area contributed by atoms with Crippen molar-refractivity contribution in [2.75, 3.05) is 13.2 Å². The average Bonchev–Trinajstić information content (AvgIpc) is 3.19. The van der Waals surface area contributed by atoms with Crippen LogP contribution < -0.4 is 31.6 Å². The summed E-state index contributed by atoms with van der Waals surface area (Å²) < 4.78 is 94.7. The van der Waals surface area contributed by atoms with Crippen molar-refractivity contribution in [3.8, 4) is 17.6 Å². The van der Waals surface area contributed by atoms with E-state index < -0.39 is 49.0 Å². The van der Waals surface area contributed by atoms with E-state index in [4.69, 9.17) is 19.9 Å². The maximum Gasteiger partial charge on any atom is 0.407 e. The van der Waals surface area contributed by atoms with Crippen LogP contribution >= 0.6 is 0 Å². The number of hydrogen-bond acceptors (Lipinski definition) is 10. The molecule has 63 heavy (non-hydrogen) atoms. The van der Waals surface area contributed by atoms with E-state index in [2.05, 4.69) is 15.3 Å². The van der Waals surface area contributed by atoms with E-state index in [1.807, 2.05) is 6.07 Å². The number of nitrogens with two attached hydrogens (primary N) is 1. The topological polar surface area (TPSA) is 176 Å². The molecule has 0 aliphatic rings. The van der Waals surface area contributed by atoms with Gasteiger partial charge in [-0.25, -0.2) is 4.79 Å². The summed E-state index contributed by atoms with van der Waals surface area (Å²) in [5.74, 6) is 0.526. The fraction of sp³-hybridized carbons (Fsp3) is 0.409. The molecule has 13 nitrogen and oxygen atoms in total. The second kappa shape index (κ2) is 18.9. The monoisotopic (exact) mass is 883 g/mol. The highest BCUT2D eigenvalue weighted by molar-refractivity contribution is 6.07. The van der Waals surface area contributed by atoms with E-state index in [0.29, 0.717) is 49.7 Å². The first-order chi connectivity index (χ1) is 29.4. The zero-order valence-corrected chi connectivity index (χ0v) is 35.6. The summed E-state index contributed by atoms with van der Waals surface area (Å²) in [6, 6.07) is 12.0. The standard InChI is InChI=1S/C24H28F3N3O4.C20H19F3N4O2/c1-14-20-18(9-11-28-14)17-7-6-16(12-19(17)30(5)21(20)31)33-13-15(8-10-24(25,26)27)29-22(32)34-23(2,3)4;1-11-18-14(4-6-26-11)15-7-12(9-24)17(8-16(15)27(2)19(18)28)29-10-13(25)3-5-20(21,22)23/h6-7,9,11-12,15H,8,10,13H2,1-5H3,(H,29,32);4,6-8,13H,3,5,10,25H2,1-2H3. The first-order valence-corrected chi connectivity index (χ1v) is 19.7. The molecule has 0 aliphatic heterocycles. The van der Waals surface area contributed by atoms with Crippen LogP contribution in [0.3, 0.4) is 0 Å². The molecule has 4 heterocycles. The van der Waals surface area contributed by atoms with Crippen molar-refractivity contribution in [3.05, 3.63) is 92.5 Å². The number of amides is 1. The highest BCUT2D eigenvalue weighted by atomic mass is 19.4. The van der Waals surface area contributed by atoms with Crippen LogP contribution in [0.1, 0.15) is 63.4 Å². The first kappa shape index (κ1) is 47.6. The minimum absolute atomic E-state index is 0.169. The van der Waals surface area contributed by atoms with Crippen molar-refractivity contribution < 1.29 is 45.3 Å². The average molecular weight is 884 g/mol. The van der Waals surface area contributed by atoms with E-state index in [0.717, 1.165) is 10.8 Å². The number of hydrogen-bond donors (Lipinski definition) is 2. The van der Waals surface area contributed by atoms with E-state index in [-0.39, 0.29) is 48.5 Å². The Hall–Kier alpha value is -6.42. The van der Waals surface area contributed by atoms with Crippen LogP contribution in [0.25, 0.3) is 43.4 Å². The smallest absolute Gasteiger partial charge is 0.407 e. The van der Waals surface area contributed by atoms with Crippen molar-refractivity contribution in [1.82, 2.24) is 24.4 Å². The zero-order valence-electron chi connectivity index (χ0n) is 35.6. The van der Waals surface area contributed by atoms with Crippen LogP contribution in [0.15, 0.2) is 64.4 Å². The van der Waals surface area contributed by atoms with E-state index >= 15 is 0 Å². The van der Waals surface area contributed by atoms with Gasteiger partial charge in [0.25, 0.3) is 11.1 Å². The molecule has 19 heteroatoms. The molecule has 3 N–H and O–H groups in total. The van der Waals surface area contributed by atoms with Gasteiger partial charge in [-0.15, -0.1) is 0 Å². The van der Waals surface area contributed by atoms with Gasteiger partial charge in [-0.1, -0.05) is 0 Å². The van der Waals surface area contributed by atoms with Crippen molar-refractivity contribution in [3.63, 3.8) is 0 Å². The number of carbonyl (C=O) groups excluding carboxylic acids is 1. The number of nitrogens with zero attached hydrogens (tertiary/aromatic N) is 5. The fourth-order valence-corrected chi connectivity index (χ4v) is 6.89. The lowest BCUT2D eigenvalue weighted by molar-refractivity contribution is -0.137. The molecule has 0 fully saturated rings. The summed E-state index contributed by atoms with van der Waals surface area (Å²) in [7, 11) is 3.23. The van der Waals surface area contributed by atoms with Crippen molar-refractivity contribution in [1.29, 1.82) is 5.26 Å². The number of ether oxygens (including phenoxy) is 3. The number of alkyl halides is 6. The SMILES string of the molecule is Cc1nccc2c1c(=O)n(C)c1cc(OCC(CCC(F)(F)F)NC(=O)OC(C)(C)C)ccc21.Cc1nccc2c1c(=O)n(C)c1cc(OCC(N)CCC(F)(F)F)c(C#N)cc21. The summed E-state index contributed by atoms with van der Waals surface area (Å²) >= 11 is 0. The van der Waals surface area contributed by atoms with Gasteiger partial charge in [0.2, 0.25) is 0 Å². The predicted molar refractivity (Wildman–Crippen MR) is 226 cm³/mol. The Kier molecular flexibility index (Phi) is 14.3. The molecular formula is C44H47F6N7O6. The largest absolute Gasteiger partial charge is 0.491 e. The minimum atomic E-state index is -4.37. The maximum atomic E-state index is 12.9. The molecular weight excluding hydrogens is 837 g/mol. The normalized spacial score (nSPS) is 13.0. The lowest BCUT2D eigenvalue weighted by Crippen LogP contribution is -2.42. The third-order valence-electron chi connectivity index (χ3n) is 10.0. The van der Waals surface area contributed by atoms with Gasteiger partial charge >= 0.3 is 18.4 Å². The Morgan fingerprint density at radius 3 is 1.86 bits per heavy atom. The van der Waals surface area contributed by atoms with Crippen molar-refractivity contribution in [2.24, 2.45) is 19.8 Å². The number of nitriles is 1. The van der Waals surface area contributed by atoms with Crippen LogP contribution in [0.4, 0.5) is 31.1 Å². The Morgan fingerprint density at radius 2 is 1.32 bits per heavy atom. The molecule has 2 unspecified atom stereocenters. The summed E-state index contributed by atoms with van der Waals surface area (Å²) in [5, 5.41) is 15.9. The lowest BCUT2D eigenvalue weighted by Gasteiger charge is -2.24. The van der Waals surface area contributed by atoms with Gasteiger partial charge in [0.1, 0.15) is 36.4 Å². The van der Waals surface area contributed by atoms with E-state index in [1.165, 1.54) is 9.13 Å². The zero-order chi connectivity index (χ0) is 46.6. The molecule has 4 aromatic heterocycles. The van der Waals surface area contributed by atoms with Crippen LogP contribution in [-0.4, -0.2) is 68.4 Å². The number of halogens is 6. The van der Waals surface area contributed by atoms with Crippen molar-refractivity contribution >= 4 is 49.4 Å². The molecule has 0 aliphatic carbocycles. The van der Waals surface area contributed by atoms with Gasteiger partial charge < -0.3 is 34.4 Å². The molecule has 6 rings (SSSR count). The second-order valence-corrected chi connectivity index (χ2v) is 16.1. The highest BCUT2D eigenvalue weighted by Crippen LogP contribution is 2.31. The quantitative estimate of drug-likeness (QED) is 0.0951. The number of aromatic nitrogens is 4. The van der Waals surface area contributed by atoms with Gasteiger partial charge in [0, 0.05) is 68.3 Å². The highest BCUT2D eigenvalue weighted by Gasteiger charge is 2.30. The predicted octanol–water partition coefficient (Wildman–Crippen LogP) is 8.33. The van der Waals surface area contributed by atoms with E-state index in [9.17, 15) is 46.0 Å². The number of nitrogens with one attached hydrogen (secondary N) is 1. The number of fused-ring (bicyclic) bond motifs is 6. The third-order valence-corrected chi connectivity index (χ3v) is 10.0. The molecule has 0 radical (unpaired) electrons. The van der Waals surface area contributed by atoms with Gasteiger partial charge in [-0.2, -0.15) is 31.6 Å². The maximum absolute atomic E-state index is 12.9. The Balaban J connectivity index is 0.000000240. The number of pyridine rings is 4. The van der Waals surface area contributed by atoms with Crippen molar-refractivity contribution in [2.45, 2.75) is 90.3 Å². The van der Waals surface area contributed by atoms with Gasteiger partial charge in [0.15, 0.2) is 0 Å². The summed E-state index contributed by atoms with van der Waals surface area (Å²) in [4.78, 5) is 46.1. The number of aryl methyl sites for hydroxylation is 4.